The molecule has 0 bridgehead atoms. The molecule has 0 saturated carbocycles. The molecule has 130 valence electrons. The first-order valence-electron chi connectivity index (χ1n) is 8.46. The second kappa shape index (κ2) is 8.11. The maximum atomic E-state index is 12.7. The molecule has 0 aliphatic rings. The van der Waals surface area contributed by atoms with Crippen LogP contribution in [0.5, 0.6) is 0 Å². The zero-order valence-corrected chi connectivity index (χ0v) is 14.8. The first-order valence-corrected chi connectivity index (χ1v) is 8.46. The van der Waals surface area contributed by atoms with Crippen LogP contribution in [0.1, 0.15) is 40.0 Å². The van der Waals surface area contributed by atoms with E-state index in [1.54, 1.807) is 17.3 Å². The molecule has 1 aromatic heterocycles. The van der Waals surface area contributed by atoms with Gasteiger partial charge >= 0.3 is 6.09 Å². The third kappa shape index (κ3) is 4.93. The van der Waals surface area contributed by atoms with Crippen LogP contribution >= 0.6 is 0 Å². The highest BCUT2D eigenvalue weighted by molar-refractivity contribution is 6.01. The number of unbranched alkanes of at least 4 members (excludes halogenated alkanes) is 2. The number of nitrogens with two attached hydrogens (primary N) is 1. The van der Waals surface area contributed by atoms with Crippen molar-refractivity contribution in [1.82, 2.24) is 4.98 Å². The topological polar surface area (TPSA) is 68.5 Å². The van der Waals surface area contributed by atoms with Gasteiger partial charge in [-0.05, 0) is 52.3 Å². The van der Waals surface area contributed by atoms with E-state index in [0.717, 1.165) is 35.7 Å². The number of rotatable bonds is 6. The molecule has 0 spiro atoms. The number of hydrogen-bond donors (Lipinski definition) is 1. The number of benzene rings is 1. The summed E-state index contributed by atoms with van der Waals surface area (Å²) in [6, 6.07) is 7.82. The van der Waals surface area contributed by atoms with Crippen molar-refractivity contribution in [2.75, 3.05) is 18.0 Å². The molecule has 0 aliphatic heterocycles. The average molecular weight is 329 g/mol. The Labute approximate surface area is 143 Å². The van der Waals surface area contributed by atoms with Gasteiger partial charge < -0.3 is 10.5 Å². The molecular weight excluding hydrogens is 302 g/mol. The molecule has 1 amide bonds. The van der Waals surface area contributed by atoms with Crippen LogP contribution in [0, 0.1) is 0 Å². The van der Waals surface area contributed by atoms with Gasteiger partial charge in [0.15, 0.2) is 0 Å². The van der Waals surface area contributed by atoms with Gasteiger partial charge in [0.2, 0.25) is 0 Å². The number of anilines is 1. The SMILES string of the molecule is CC(C)(C)OC(=O)N(CCCCCN)c1cccc2cnccc12. The Morgan fingerprint density at radius 3 is 2.71 bits per heavy atom. The van der Waals surface area contributed by atoms with Gasteiger partial charge in [-0.25, -0.2) is 4.79 Å². The van der Waals surface area contributed by atoms with Crippen molar-refractivity contribution < 1.29 is 9.53 Å². The number of fused-ring (bicyclic) bond motifs is 1. The summed E-state index contributed by atoms with van der Waals surface area (Å²) in [7, 11) is 0. The van der Waals surface area contributed by atoms with Crippen LogP contribution in [0.15, 0.2) is 36.7 Å². The number of aromatic nitrogens is 1. The molecule has 0 unspecified atom stereocenters. The molecule has 24 heavy (non-hydrogen) atoms. The molecule has 0 fully saturated rings. The highest BCUT2D eigenvalue weighted by Crippen LogP contribution is 2.28. The molecule has 1 heterocycles. The maximum Gasteiger partial charge on any atom is 0.414 e. The number of hydrogen-bond acceptors (Lipinski definition) is 4. The molecule has 0 saturated heterocycles. The number of nitrogens with zero attached hydrogens (tertiary/aromatic N) is 2. The second-order valence-corrected chi connectivity index (χ2v) is 6.86. The lowest BCUT2D eigenvalue weighted by atomic mass is 10.1. The fourth-order valence-electron chi connectivity index (χ4n) is 2.56. The zero-order valence-electron chi connectivity index (χ0n) is 14.8. The summed E-state index contributed by atoms with van der Waals surface area (Å²) < 4.78 is 5.61. The number of ether oxygens (including phenoxy) is 1. The fourth-order valence-corrected chi connectivity index (χ4v) is 2.56. The second-order valence-electron chi connectivity index (χ2n) is 6.86. The lowest BCUT2D eigenvalue weighted by Gasteiger charge is -2.28. The summed E-state index contributed by atoms with van der Waals surface area (Å²) >= 11 is 0. The highest BCUT2D eigenvalue weighted by atomic mass is 16.6. The highest BCUT2D eigenvalue weighted by Gasteiger charge is 2.24. The van der Waals surface area contributed by atoms with Gasteiger partial charge in [0.25, 0.3) is 0 Å². The number of carbonyl (C=O) groups is 1. The van der Waals surface area contributed by atoms with Gasteiger partial charge in [0.05, 0.1) is 5.69 Å². The van der Waals surface area contributed by atoms with E-state index in [1.807, 2.05) is 45.0 Å². The lowest BCUT2D eigenvalue weighted by molar-refractivity contribution is 0.0580. The molecule has 0 atom stereocenters. The largest absolute Gasteiger partial charge is 0.443 e. The Balaban J connectivity index is 2.31. The Kier molecular flexibility index (Phi) is 6.15. The van der Waals surface area contributed by atoms with Gasteiger partial charge in [0, 0.05) is 29.7 Å². The summed E-state index contributed by atoms with van der Waals surface area (Å²) in [4.78, 5) is 18.6. The summed E-state index contributed by atoms with van der Waals surface area (Å²) in [6.07, 6.45) is 6.06. The van der Waals surface area contributed by atoms with Crippen LogP contribution in [0.4, 0.5) is 10.5 Å². The van der Waals surface area contributed by atoms with Crippen molar-refractivity contribution in [3.63, 3.8) is 0 Å². The van der Waals surface area contributed by atoms with E-state index in [2.05, 4.69) is 4.98 Å². The van der Waals surface area contributed by atoms with Gasteiger partial charge in [-0.2, -0.15) is 0 Å². The fraction of sp³-hybridized carbons (Fsp3) is 0.474. The third-order valence-electron chi connectivity index (χ3n) is 3.65. The van der Waals surface area contributed by atoms with E-state index in [1.165, 1.54) is 0 Å². The van der Waals surface area contributed by atoms with Crippen molar-refractivity contribution in [3.8, 4) is 0 Å². The molecule has 1 aromatic carbocycles. The van der Waals surface area contributed by atoms with Crippen molar-refractivity contribution in [2.45, 2.75) is 45.6 Å². The monoisotopic (exact) mass is 329 g/mol. The smallest absolute Gasteiger partial charge is 0.414 e. The number of pyridine rings is 1. The van der Waals surface area contributed by atoms with E-state index >= 15 is 0 Å². The molecule has 2 N–H and O–H groups in total. The molecule has 0 aliphatic carbocycles. The quantitative estimate of drug-likeness (QED) is 0.810. The van der Waals surface area contributed by atoms with Crippen LogP contribution in [-0.2, 0) is 4.74 Å². The van der Waals surface area contributed by atoms with Crippen molar-refractivity contribution in [1.29, 1.82) is 0 Å². The Morgan fingerprint density at radius 1 is 1.21 bits per heavy atom. The van der Waals surface area contributed by atoms with Crippen LogP contribution < -0.4 is 10.6 Å². The minimum absolute atomic E-state index is 0.320. The van der Waals surface area contributed by atoms with Gasteiger partial charge in [-0.15, -0.1) is 0 Å². The first kappa shape index (κ1) is 18.2. The van der Waals surface area contributed by atoms with Gasteiger partial charge in [-0.3, -0.25) is 9.88 Å². The number of carbonyl (C=O) groups excluding carboxylic acids is 1. The summed E-state index contributed by atoms with van der Waals surface area (Å²) in [5.41, 5.74) is 5.89. The molecule has 5 heteroatoms. The van der Waals surface area contributed by atoms with Crippen LogP contribution in [0.25, 0.3) is 10.8 Å². The first-order chi connectivity index (χ1) is 11.4. The van der Waals surface area contributed by atoms with E-state index in [-0.39, 0.29) is 6.09 Å². The standard InChI is InChI=1S/C19H27N3O2/c1-19(2,3)24-18(23)22(13-6-4-5-11-20)17-9-7-8-15-14-21-12-10-16(15)17/h7-10,12,14H,4-6,11,13,20H2,1-3H3. The van der Waals surface area contributed by atoms with E-state index < -0.39 is 5.60 Å². The van der Waals surface area contributed by atoms with Crippen molar-refractivity contribution in [3.05, 3.63) is 36.7 Å². The third-order valence-corrected chi connectivity index (χ3v) is 3.65. The minimum Gasteiger partial charge on any atom is -0.443 e. The summed E-state index contributed by atoms with van der Waals surface area (Å²) in [5, 5.41) is 2.00. The minimum atomic E-state index is -0.529. The Morgan fingerprint density at radius 2 is 2.00 bits per heavy atom. The maximum absolute atomic E-state index is 12.7. The molecule has 5 nitrogen and oxygen atoms in total. The van der Waals surface area contributed by atoms with Gasteiger partial charge in [0.1, 0.15) is 5.60 Å². The molecule has 2 aromatic rings. The van der Waals surface area contributed by atoms with Crippen molar-refractivity contribution >= 4 is 22.6 Å². The van der Waals surface area contributed by atoms with Crippen LogP contribution in [-0.4, -0.2) is 29.8 Å². The molecule has 0 radical (unpaired) electrons. The predicted molar refractivity (Wildman–Crippen MR) is 98.2 cm³/mol. The van der Waals surface area contributed by atoms with Crippen LogP contribution in [0.3, 0.4) is 0 Å². The summed E-state index contributed by atoms with van der Waals surface area (Å²) in [6.45, 7) is 6.92. The normalized spacial score (nSPS) is 11.5. The molecular formula is C19H27N3O2. The Hall–Kier alpha value is -2.14. The van der Waals surface area contributed by atoms with Crippen molar-refractivity contribution in [2.24, 2.45) is 5.73 Å². The van der Waals surface area contributed by atoms with E-state index in [4.69, 9.17) is 10.5 Å². The lowest BCUT2D eigenvalue weighted by Crippen LogP contribution is -2.37. The van der Waals surface area contributed by atoms with E-state index in [9.17, 15) is 4.79 Å². The van der Waals surface area contributed by atoms with Gasteiger partial charge in [-0.1, -0.05) is 18.6 Å². The number of amides is 1. The predicted octanol–water partition coefficient (Wildman–Crippen LogP) is 4.11. The molecule has 2 rings (SSSR count). The van der Waals surface area contributed by atoms with Crippen LogP contribution in [0.2, 0.25) is 0 Å². The summed E-state index contributed by atoms with van der Waals surface area (Å²) in [5.74, 6) is 0. The van der Waals surface area contributed by atoms with E-state index in [0.29, 0.717) is 13.1 Å². The Bertz CT molecular complexity index is 674. The zero-order chi connectivity index (χ0) is 17.6. The average Bonchev–Trinajstić information content (AvgIpc) is 2.53.